The van der Waals surface area contributed by atoms with Gasteiger partial charge < -0.3 is 14.9 Å². The van der Waals surface area contributed by atoms with Crippen molar-refractivity contribution in [1.29, 1.82) is 0 Å². The van der Waals surface area contributed by atoms with Crippen LogP contribution in [0, 0.1) is 0 Å². The number of Topliss-reactive ketones (excluding diaryl/α,β-unsaturated/α-hetero) is 1. The van der Waals surface area contributed by atoms with Gasteiger partial charge in [0.1, 0.15) is 11.5 Å². The van der Waals surface area contributed by atoms with Gasteiger partial charge in [0.25, 0.3) is 11.7 Å². The van der Waals surface area contributed by atoms with Crippen LogP contribution in [-0.2, 0) is 9.59 Å². The summed E-state index contributed by atoms with van der Waals surface area (Å²) >= 11 is 5.94. The van der Waals surface area contributed by atoms with Gasteiger partial charge in [-0.25, -0.2) is 4.79 Å². The lowest BCUT2D eigenvalue weighted by Crippen LogP contribution is -2.29. The Morgan fingerprint density at radius 3 is 2.21 bits per heavy atom. The van der Waals surface area contributed by atoms with Crippen LogP contribution in [0.2, 0.25) is 5.02 Å². The Labute approximate surface area is 194 Å². The Hall–Kier alpha value is -4.10. The number of carboxylic acid groups (broad SMARTS) is 1. The van der Waals surface area contributed by atoms with Crippen LogP contribution in [-0.4, -0.2) is 35.0 Å². The first-order chi connectivity index (χ1) is 15.8. The standard InChI is InChI=1S/C25H18ClNO6/c1-33-19-11-7-14(8-12-19)21-20(22(28)15-5-9-17(26)10-6-15)23(29)24(30)27(21)18-4-2-3-16(13-18)25(31)32/h2-13,21,28H,1H3,(H,31,32)/t21-/m1/s1. The number of carbonyl (C=O) groups excluding carboxylic acids is 2. The van der Waals surface area contributed by atoms with Crippen LogP contribution in [0.5, 0.6) is 5.75 Å². The molecular formula is C25H18ClNO6. The molecule has 4 rings (SSSR count). The maximum Gasteiger partial charge on any atom is 0.335 e. The summed E-state index contributed by atoms with van der Waals surface area (Å²) in [7, 11) is 1.51. The number of hydrogen-bond donors (Lipinski definition) is 2. The van der Waals surface area contributed by atoms with Crippen LogP contribution in [0.15, 0.2) is 78.4 Å². The summed E-state index contributed by atoms with van der Waals surface area (Å²) in [5, 5.41) is 20.9. The zero-order valence-corrected chi connectivity index (χ0v) is 18.1. The first-order valence-electron chi connectivity index (χ1n) is 9.86. The molecule has 7 nitrogen and oxygen atoms in total. The third-order valence-electron chi connectivity index (χ3n) is 5.36. The smallest absolute Gasteiger partial charge is 0.335 e. The third-order valence-corrected chi connectivity index (χ3v) is 5.62. The van der Waals surface area contributed by atoms with E-state index < -0.39 is 23.7 Å². The van der Waals surface area contributed by atoms with Crippen molar-refractivity contribution in [3.8, 4) is 5.75 Å². The van der Waals surface area contributed by atoms with E-state index in [9.17, 15) is 24.6 Å². The van der Waals surface area contributed by atoms with Gasteiger partial charge in [-0.2, -0.15) is 0 Å². The summed E-state index contributed by atoms with van der Waals surface area (Å²) in [6.07, 6.45) is 0. The van der Waals surface area contributed by atoms with Crippen molar-refractivity contribution in [3.05, 3.63) is 100 Å². The van der Waals surface area contributed by atoms with E-state index in [1.54, 1.807) is 48.5 Å². The fraction of sp³-hybridized carbons (Fsp3) is 0.0800. The molecule has 0 saturated carbocycles. The fourth-order valence-corrected chi connectivity index (χ4v) is 3.88. The summed E-state index contributed by atoms with van der Waals surface area (Å²) in [4.78, 5) is 38.9. The lowest BCUT2D eigenvalue weighted by atomic mass is 9.95. The number of hydrogen-bond acceptors (Lipinski definition) is 5. The number of benzene rings is 3. The zero-order chi connectivity index (χ0) is 23.7. The van der Waals surface area contributed by atoms with Crippen molar-refractivity contribution < 1.29 is 29.3 Å². The molecule has 33 heavy (non-hydrogen) atoms. The molecular weight excluding hydrogens is 446 g/mol. The van der Waals surface area contributed by atoms with Gasteiger partial charge in [0.15, 0.2) is 0 Å². The number of aromatic carboxylic acids is 1. The van der Waals surface area contributed by atoms with E-state index in [1.807, 2.05) is 0 Å². The molecule has 3 aromatic rings. The molecule has 3 aromatic carbocycles. The van der Waals surface area contributed by atoms with Gasteiger partial charge in [0, 0.05) is 16.3 Å². The lowest BCUT2D eigenvalue weighted by molar-refractivity contribution is -0.132. The largest absolute Gasteiger partial charge is 0.507 e. The molecule has 0 bridgehead atoms. The number of amides is 1. The number of carboxylic acids is 1. The number of ketones is 1. The van der Waals surface area contributed by atoms with Crippen molar-refractivity contribution >= 4 is 40.7 Å². The number of ether oxygens (including phenoxy) is 1. The fourth-order valence-electron chi connectivity index (χ4n) is 3.75. The molecule has 166 valence electrons. The van der Waals surface area contributed by atoms with Gasteiger partial charge in [0.05, 0.1) is 24.3 Å². The average molecular weight is 464 g/mol. The molecule has 0 unspecified atom stereocenters. The van der Waals surface area contributed by atoms with Crippen LogP contribution in [0.4, 0.5) is 5.69 Å². The number of carbonyl (C=O) groups is 3. The summed E-state index contributed by atoms with van der Waals surface area (Å²) in [5.74, 6) is -2.72. The molecule has 0 spiro atoms. The molecule has 1 atom stereocenters. The lowest BCUT2D eigenvalue weighted by Gasteiger charge is -2.25. The minimum atomic E-state index is -1.17. The molecule has 1 aliphatic heterocycles. The summed E-state index contributed by atoms with van der Waals surface area (Å²) < 4.78 is 5.20. The number of methoxy groups -OCH3 is 1. The highest BCUT2D eigenvalue weighted by Crippen LogP contribution is 2.42. The number of aliphatic hydroxyl groups is 1. The Morgan fingerprint density at radius 1 is 0.939 bits per heavy atom. The molecule has 0 aliphatic carbocycles. The van der Waals surface area contributed by atoms with Crippen molar-refractivity contribution in [2.75, 3.05) is 12.0 Å². The van der Waals surface area contributed by atoms with Crippen LogP contribution < -0.4 is 9.64 Å². The van der Waals surface area contributed by atoms with Crippen LogP contribution >= 0.6 is 11.6 Å². The second kappa shape index (κ2) is 8.80. The molecule has 1 saturated heterocycles. The van der Waals surface area contributed by atoms with Crippen LogP contribution in [0.3, 0.4) is 0 Å². The van der Waals surface area contributed by atoms with Crippen molar-refractivity contribution in [1.82, 2.24) is 0 Å². The quantitative estimate of drug-likeness (QED) is 0.323. The molecule has 0 aromatic heterocycles. The van der Waals surface area contributed by atoms with Crippen LogP contribution in [0.25, 0.3) is 5.76 Å². The minimum absolute atomic E-state index is 0.0411. The maximum atomic E-state index is 13.1. The number of anilines is 1. The van der Waals surface area contributed by atoms with E-state index in [0.29, 0.717) is 21.9 Å². The summed E-state index contributed by atoms with van der Waals surface area (Å²) in [6.45, 7) is 0. The monoisotopic (exact) mass is 463 g/mol. The summed E-state index contributed by atoms with van der Waals surface area (Å²) in [6, 6.07) is 17.6. The van der Waals surface area contributed by atoms with E-state index in [1.165, 1.54) is 36.3 Å². The van der Waals surface area contributed by atoms with E-state index >= 15 is 0 Å². The normalized spacial score (nSPS) is 17.3. The molecule has 2 N–H and O–H groups in total. The number of aliphatic hydroxyl groups excluding tert-OH is 1. The number of rotatable bonds is 5. The van der Waals surface area contributed by atoms with Gasteiger partial charge in [0.2, 0.25) is 0 Å². The van der Waals surface area contributed by atoms with Crippen molar-refractivity contribution in [2.45, 2.75) is 6.04 Å². The highest BCUT2D eigenvalue weighted by atomic mass is 35.5. The molecule has 1 amide bonds. The highest BCUT2D eigenvalue weighted by Gasteiger charge is 2.47. The van der Waals surface area contributed by atoms with E-state index in [-0.39, 0.29) is 22.6 Å². The zero-order valence-electron chi connectivity index (χ0n) is 17.4. The van der Waals surface area contributed by atoms with E-state index in [2.05, 4.69) is 0 Å². The van der Waals surface area contributed by atoms with E-state index in [4.69, 9.17) is 16.3 Å². The average Bonchev–Trinajstić information content (AvgIpc) is 3.09. The second-order valence-corrected chi connectivity index (χ2v) is 7.74. The first kappa shape index (κ1) is 22.1. The molecule has 1 fully saturated rings. The maximum absolute atomic E-state index is 13.1. The predicted molar refractivity (Wildman–Crippen MR) is 123 cm³/mol. The third kappa shape index (κ3) is 4.06. The highest BCUT2D eigenvalue weighted by molar-refractivity contribution is 6.51. The van der Waals surface area contributed by atoms with Crippen LogP contribution in [0.1, 0.15) is 27.5 Å². The van der Waals surface area contributed by atoms with Crippen molar-refractivity contribution in [2.24, 2.45) is 0 Å². The first-order valence-corrected chi connectivity index (χ1v) is 10.2. The molecule has 0 radical (unpaired) electrons. The van der Waals surface area contributed by atoms with Gasteiger partial charge in [-0.05, 0) is 60.2 Å². The Bertz CT molecular complexity index is 1280. The molecule has 1 aliphatic rings. The van der Waals surface area contributed by atoms with Gasteiger partial charge in [-0.3, -0.25) is 14.5 Å². The molecule has 1 heterocycles. The van der Waals surface area contributed by atoms with E-state index in [0.717, 1.165) is 0 Å². The number of halogens is 1. The Kier molecular flexibility index (Phi) is 5.89. The predicted octanol–water partition coefficient (Wildman–Crippen LogP) is 4.67. The Balaban J connectivity index is 1.94. The van der Waals surface area contributed by atoms with Gasteiger partial charge in [-0.15, -0.1) is 0 Å². The minimum Gasteiger partial charge on any atom is -0.507 e. The van der Waals surface area contributed by atoms with Gasteiger partial charge in [-0.1, -0.05) is 29.8 Å². The van der Waals surface area contributed by atoms with Crippen molar-refractivity contribution in [3.63, 3.8) is 0 Å². The van der Waals surface area contributed by atoms with Gasteiger partial charge >= 0.3 is 5.97 Å². The molecule has 8 heteroatoms. The summed E-state index contributed by atoms with van der Waals surface area (Å²) in [5.41, 5.74) is 0.906. The SMILES string of the molecule is COc1ccc([C@@H]2C(=C(O)c3ccc(Cl)cc3)C(=O)C(=O)N2c2cccc(C(=O)O)c2)cc1. The second-order valence-electron chi connectivity index (χ2n) is 7.30. The topological polar surface area (TPSA) is 104 Å². The number of nitrogens with zero attached hydrogens (tertiary/aromatic N) is 1. The Morgan fingerprint density at radius 2 is 1.61 bits per heavy atom.